The first kappa shape index (κ1) is 24.9. The summed E-state index contributed by atoms with van der Waals surface area (Å²) in [5.41, 5.74) is 0. The van der Waals surface area contributed by atoms with Gasteiger partial charge in [-0.15, -0.1) is 0 Å². The van der Waals surface area contributed by atoms with Gasteiger partial charge in [-0.05, 0) is 0 Å². The van der Waals surface area contributed by atoms with Gasteiger partial charge in [0.05, 0.1) is 12.6 Å². The number of aliphatic hydroxyl groups is 5. The second-order valence-electron chi connectivity index (χ2n) is 7.26. The van der Waals surface area contributed by atoms with Gasteiger partial charge in [-0.1, -0.05) is 13.8 Å². The van der Waals surface area contributed by atoms with Crippen LogP contribution < -0.4 is 34.7 Å². The average molecular weight is 429 g/mol. The Hall–Kier alpha value is -0.380. The third-order valence-electron chi connectivity index (χ3n) is 4.92. The zero-order valence-electron chi connectivity index (χ0n) is 16.2. The van der Waals surface area contributed by atoms with E-state index in [9.17, 15) is 35.4 Å². The van der Waals surface area contributed by atoms with Crippen LogP contribution in [0.2, 0.25) is 0 Å². The zero-order chi connectivity index (χ0) is 20.7. The number of ether oxygens (including phenoxy) is 4. The molecule has 3 heterocycles. The van der Waals surface area contributed by atoms with Crippen molar-refractivity contribution in [2.45, 2.75) is 75.2 Å². The van der Waals surface area contributed by atoms with Crippen molar-refractivity contribution in [2.75, 3.05) is 6.61 Å². The largest absolute Gasteiger partial charge is 1.00 e. The zero-order valence-corrected chi connectivity index (χ0v) is 18.2. The van der Waals surface area contributed by atoms with E-state index in [1.165, 1.54) is 0 Å². The maximum absolute atomic E-state index is 11.1. The summed E-state index contributed by atoms with van der Waals surface area (Å²) in [6, 6.07) is -0.892. The van der Waals surface area contributed by atoms with E-state index in [0.29, 0.717) is 5.90 Å². The summed E-state index contributed by atoms with van der Waals surface area (Å²) in [5.74, 6) is -1.58. The molecule has 0 aromatic heterocycles. The number of aliphatic imine (C=N–C) groups is 1. The Kier molecular flexibility index (Phi) is 8.44. The van der Waals surface area contributed by atoms with E-state index in [4.69, 9.17) is 18.9 Å². The van der Waals surface area contributed by atoms with Gasteiger partial charge in [0.25, 0.3) is 0 Å². The molecule has 10 atom stereocenters. The van der Waals surface area contributed by atoms with Crippen LogP contribution in [-0.4, -0.2) is 105 Å². The Morgan fingerprint density at radius 3 is 2.34 bits per heavy atom. The van der Waals surface area contributed by atoms with Crippen LogP contribution in [0.5, 0.6) is 0 Å². The molecular weight excluding hydrogens is 405 g/mol. The number of rotatable bonds is 5. The molecule has 0 unspecified atom stereocenters. The van der Waals surface area contributed by atoms with Gasteiger partial charge in [0.1, 0.15) is 48.8 Å². The second-order valence-corrected chi connectivity index (χ2v) is 7.26. The van der Waals surface area contributed by atoms with E-state index >= 15 is 0 Å². The van der Waals surface area contributed by atoms with Crippen LogP contribution in [-0.2, 0) is 23.7 Å². The fourth-order valence-corrected chi connectivity index (χ4v) is 3.34. The van der Waals surface area contributed by atoms with Crippen molar-refractivity contribution in [3.8, 4) is 0 Å². The van der Waals surface area contributed by atoms with Crippen molar-refractivity contribution in [1.29, 1.82) is 0 Å². The molecule has 0 saturated carbocycles. The van der Waals surface area contributed by atoms with E-state index in [-0.39, 0.29) is 35.5 Å². The maximum atomic E-state index is 11.1. The molecule has 2 fully saturated rings. The molecule has 0 aliphatic carbocycles. The molecule has 3 rings (SSSR count). The Labute approximate surface area is 188 Å². The summed E-state index contributed by atoms with van der Waals surface area (Å²) in [5, 5.41) is 60.8. The van der Waals surface area contributed by atoms with Crippen LogP contribution in [0.15, 0.2) is 4.99 Å². The van der Waals surface area contributed by atoms with Crippen LogP contribution >= 0.6 is 0 Å². The third kappa shape index (κ3) is 4.77. The van der Waals surface area contributed by atoms with Gasteiger partial charge in [-0.2, -0.15) is 0 Å². The molecule has 5 N–H and O–H groups in total. The molecule has 3 aliphatic rings. The molecule has 0 radical (unpaired) electrons. The number of hydrogen-bond donors (Lipinski definition) is 5. The fraction of sp³-hybridized carbons (Fsp3) is 0.875. The van der Waals surface area contributed by atoms with Crippen LogP contribution in [0.1, 0.15) is 13.8 Å². The second kappa shape index (κ2) is 9.83. The fourth-order valence-electron chi connectivity index (χ4n) is 3.34. The number of aliphatic carboxylic acids is 1. The molecule has 0 aromatic rings. The Morgan fingerprint density at radius 1 is 1.14 bits per heavy atom. The first-order valence-corrected chi connectivity index (χ1v) is 8.90. The SMILES string of the molecule is CC(C)C1=N[C@H]2[C@@H](O1)O[C@H](CO)[C@@H](O)[C@@H]2O[C@@H]1O[C@H](C(=O)[O-])[C@@H](O)[C@H](O)[C@H]1O.[Na+]. The summed E-state index contributed by atoms with van der Waals surface area (Å²) in [4.78, 5) is 15.4. The molecule has 0 aromatic carbocycles. The topological polar surface area (TPSA) is 191 Å². The molecular formula is C16H24NNaO11. The number of aliphatic hydroxyl groups excluding tert-OH is 5. The number of carbonyl (C=O) groups is 1. The number of carbonyl (C=O) groups excluding carboxylic acids is 1. The molecule has 0 amide bonds. The monoisotopic (exact) mass is 429 g/mol. The van der Waals surface area contributed by atoms with Crippen LogP contribution in [0.4, 0.5) is 0 Å². The van der Waals surface area contributed by atoms with Gasteiger partial charge in [-0.25, -0.2) is 4.99 Å². The minimum Gasteiger partial charge on any atom is -0.547 e. The molecule has 12 nitrogen and oxygen atoms in total. The number of carboxylic acid groups (broad SMARTS) is 1. The van der Waals surface area contributed by atoms with Crippen molar-refractivity contribution >= 4 is 11.9 Å². The molecule has 3 aliphatic heterocycles. The first-order chi connectivity index (χ1) is 13.1. The number of hydrogen-bond acceptors (Lipinski definition) is 12. The van der Waals surface area contributed by atoms with Crippen LogP contribution in [0.25, 0.3) is 0 Å². The Balaban J connectivity index is 0.00000300. The van der Waals surface area contributed by atoms with Crippen LogP contribution in [0.3, 0.4) is 0 Å². The molecule has 29 heavy (non-hydrogen) atoms. The van der Waals surface area contributed by atoms with Gasteiger partial charge in [0, 0.05) is 5.92 Å². The molecule has 160 valence electrons. The normalized spacial score (nSPS) is 44.5. The van der Waals surface area contributed by atoms with E-state index < -0.39 is 73.9 Å². The number of carboxylic acids is 1. The molecule has 2 saturated heterocycles. The van der Waals surface area contributed by atoms with Crippen molar-refractivity contribution in [1.82, 2.24) is 0 Å². The average Bonchev–Trinajstić information content (AvgIpc) is 3.07. The first-order valence-electron chi connectivity index (χ1n) is 8.90. The Bertz CT molecular complexity index is 620. The smallest absolute Gasteiger partial charge is 0.547 e. The van der Waals surface area contributed by atoms with Gasteiger partial charge in [0.2, 0.25) is 6.29 Å². The number of fused-ring (bicyclic) bond motifs is 1. The Morgan fingerprint density at radius 2 is 1.79 bits per heavy atom. The minimum absolute atomic E-state index is 0. The minimum atomic E-state index is -1.96. The molecule has 0 spiro atoms. The summed E-state index contributed by atoms with van der Waals surface area (Å²) in [6.07, 6.45) is -14.0. The van der Waals surface area contributed by atoms with Gasteiger partial charge < -0.3 is 54.4 Å². The van der Waals surface area contributed by atoms with E-state index in [1.54, 1.807) is 0 Å². The maximum Gasteiger partial charge on any atom is 1.00 e. The van der Waals surface area contributed by atoms with Crippen molar-refractivity contribution in [3.63, 3.8) is 0 Å². The van der Waals surface area contributed by atoms with Gasteiger partial charge in [0.15, 0.2) is 12.2 Å². The van der Waals surface area contributed by atoms with E-state index in [0.717, 1.165) is 0 Å². The predicted octanol–water partition coefficient (Wildman–Crippen LogP) is -7.54. The standard InChI is InChI=1S/C16H25NO11.Na/c1-4(2)13-17-6-11(7(19)5(3-18)25-15(6)28-13)26-16-10(22)8(20)9(21)12(27-16)14(23)24;/h4-12,15-16,18-22H,3H2,1-2H3,(H,23,24);/q;+1/p-1/t5-,6-,7-,8+,9+,10-,11-,12+,15-,16-;/m1./s1. The summed E-state index contributed by atoms with van der Waals surface area (Å²) >= 11 is 0. The van der Waals surface area contributed by atoms with Gasteiger partial charge in [-0.3, -0.25) is 0 Å². The summed E-state index contributed by atoms with van der Waals surface area (Å²) in [6.45, 7) is 3.08. The van der Waals surface area contributed by atoms with Crippen LogP contribution in [0, 0.1) is 5.92 Å². The van der Waals surface area contributed by atoms with Gasteiger partial charge >= 0.3 is 29.6 Å². The quantitative estimate of drug-likeness (QED) is 0.261. The van der Waals surface area contributed by atoms with Crippen molar-refractivity contribution in [3.05, 3.63) is 0 Å². The van der Waals surface area contributed by atoms with Crippen molar-refractivity contribution < 1.29 is 83.9 Å². The third-order valence-corrected chi connectivity index (χ3v) is 4.92. The van der Waals surface area contributed by atoms with E-state index in [1.807, 2.05) is 13.8 Å². The predicted molar refractivity (Wildman–Crippen MR) is 85.5 cm³/mol. The molecule has 13 heteroatoms. The molecule has 0 bridgehead atoms. The summed E-state index contributed by atoms with van der Waals surface area (Å²) in [7, 11) is 0. The number of nitrogens with zero attached hydrogens (tertiary/aromatic N) is 1. The summed E-state index contributed by atoms with van der Waals surface area (Å²) < 4.78 is 21.7. The van der Waals surface area contributed by atoms with Crippen molar-refractivity contribution in [2.24, 2.45) is 10.9 Å². The van der Waals surface area contributed by atoms with E-state index in [2.05, 4.69) is 4.99 Å².